The molecule has 3 nitrogen and oxygen atoms in total. The molecule has 13 heavy (non-hydrogen) atoms. The number of hydrogen-bond donors (Lipinski definition) is 2. The Kier molecular flexibility index (Phi) is 3.71. The van der Waals surface area contributed by atoms with E-state index in [9.17, 15) is 0 Å². The van der Waals surface area contributed by atoms with Crippen LogP contribution in [0.5, 0.6) is 0 Å². The van der Waals surface area contributed by atoms with E-state index in [1.807, 2.05) is 0 Å². The third-order valence-electron chi connectivity index (χ3n) is 2.94. The van der Waals surface area contributed by atoms with Crippen LogP contribution >= 0.6 is 0 Å². The first-order valence-corrected chi connectivity index (χ1v) is 5.11. The zero-order valence-electron chi connectivity index (χ0n) is 8.97. The van der Waals surface area contributed by atoms with Crippen molar-refractivity contribution < 1.29 is 4.74 Å². The molecule has 1 rings (SSSR count). The summed E-state index contributed by atoms with van der Waals surface area (Å²) in [6.45, 7) is 5.75. The summed E-state index contributed by atoms with van der Waals surface area (Å²) < 4.78 is 5.25. The van der Waals surface area contributed by atoms with Crippen LogP contribution in [-0.4, -0.2) is 31.8 Å². The Bertz CT molecular complexity index is 157. The molecule has 0 aromatic heterocycles. The molecule has 1 aliphatic rings. The van der Waals surface area contributed by atoms with Gasteiger partial charge in [-0.15, -0.1) is 0 Å². The maximum absolute atomic E-state index is 5.83. The summed E-state index contributed by atoms with van der Waals surface area (Å²) >= 11 is 0. The molecule has 0 saturated heterocycles. The van der Waals surface area contributed by atoms with Gasteiger partial charge in [-0.3, -0.25) is 0 Å². The molecule has 0 spiro atoms. The van der Waals surface area contributed by atoms with Crippen LogP contribution in [0.1, 0.15) is 26.7 Å². The van der Waals surface area contributed by atoms with Gasteiger partial charge in [0.15, 0.2) is 0 Å². The van der Waals surface area contributed by atoms with Crippen LogP contribution in [-0.2, 0) is 4.74 Å². The lowest BCUT2D eigenvalue weighted by atomic mass is 9.87. The summed E-state index contributed by atoms with van der Waals surface area (Å²) in [5.41, 5.74) is 5.81. The third-order valence-corrected chi connectivity index (χ3v) is 2.94. The maximum Gasteiger partial charge on any atom is 0.0659 e. The lowest BCUT2D eigenvalue weighted by Crippen LogP contribution is -2.59. The van der Waals surface area contributed by atoms with Crippen molar-refractivity contribution in [3.63, 3.8) is 0 Å². The zero-order valence-corrected chi connectivity index (χ0v) is 8.97. The highest BCUT2D eigenvalue weighted by molar-refractivity contribution is 4.98. The lowest BCUT2D eigenvalue weighted by Gasteiger charge is -2.37. The number of nitrogens with two attached hydrogens (primary N) is 1. The minimum absolute atomic E-state index is 0.0179. The minimum Gasteiger partial charge on any atom is -0.383 e. The van der Waals surface area contributed by atoms with Gasteiger partial charge in [0, 0.05) is 19.7 Å². The largest absolute Gasteiger partial charge is 0.383 e. The molecule has 0 bridgehead atoms. The molecular weight excluding hydrogens is 164 g/mol. The van der Waals surface area contributed by atoms with Crippen LogP contribution in [0.15, 0.2) is 0 Å². The van der Waals surface area contributed by atoms with E-state index >= 15 is 0 Å². The molecule has 1 aliphatic carbocycles. The Balaban J connectivity index is 2.55. The SMILES string of the molecule is COCC(CN)(NC1CC1)C(C)C. The van der Waals surface area contributed by atoms with E-state index in [0.29, 0.717) is 25.1 Å². The van der Waals surface area contributed by atoms with Gasteiger partial charge in [-0.1, -0.05) is 13.8 Å². The number of nitrogens with one attached hydrogen (secondary N) is 1. The van der Waals surface area contributed by atoms with E-state index in [-0.39, 0.29) is 5.54 Å². The quantitative estimate of drug-likeness (QED) is 0.643. The number of ether oxygens (including phenoxy) is 1. The number of rotatable bonds is 6. The molecule has 1 unspecified atom stereocenters. The van der Waals surface area contributed by atoms with E-state index in [2.05, 4.69) is 19.2 Å². The molecule has 0 radical (unpaired) electrons. The monoisotopic (exact) mass is 186 g/mol. The van der Waals surface area contributed by atoms with E-state index in [4.69, 9.17) is 10.5 Å². The fourth-order valence-electron chi connectivity index (χ4n) is 1.62. The Morgan fingerprint density at radius 1 is 1.54 bits per heavy atom. The number of hydrogen-bond acceptors (Lipinski definition) is 3. The van der Waals surface area contributed by atoms with Crippen molar-refractivity contribution >= 4 is 0 Å². The van der Waals surface area contributed by atoms with E-state index in [0.717, 1.165) is 0 Å². The molecule has 78 valence electrons. The van der Waals surface area contributed by atoms with Gasteiger partial charge in [0.25, 0.3) is 0 Å². The summed E-state index contributed by atoms with van der Waals surface area (Å²) in [6.07, 6.45) is 2.58. The van der Waals surface area contributed by atoms with Crippen LogP contribution in [0.2, 0.25) is 0 Å². The predicted octanol–water partition coefficient (Wildman–Crippen LogP) is 0.738. The second kappa shape index (κ2) is 4.40. The van der Waals surface area contributed by atoms with Gasteiger partial charge in [-0.25, -0.2) is 0 Å². The Morgan fingerprint density at radius 3 is 2.46 bits per heavy atom. The van der Waals surface area contributed by atoms with E-state index < -0.39 is 0 Å². The third kappa shape index (κ3) is 2.66. The highest BCUT2D eigenvalue weighted by atomic mass is 16.5. The topological polar surface area (TPSA) is 47.3 Å². The van der Waals surface area contributed by atoms with Crippen molar-refractivity contribution in [1.82, 2.24) is 5.32 Å². The van der Waals surface area contributed by atoms with Crippen molar-refractivity contribution in [3.8, 4) is 0 Å². The van der Waals surface area contributed by atoms with Crippen LogP contribution in [0.3, 0.4) is 0 Å². The zero-order chi connectivity index (χ0) is 9.90. The van der Waals surface area contributed by atoms with E-state index in [1.165, 1.54) is 12.8 Å². The van der Waals surface area contributed by atoms with Gasteiger partial charge in [0.05, 0.1) is 12.1 Å². The first-order valence-electron chi connectivity index (χ1n) is 5.11. The second-order valence-electron chi connectivity index (χ2n) is 4.37. The molecule has 1 saturated carbocycles. The van der Waals surface area contributed by atoms with Crippen molar-refractivity contribution in [2.45, 2.75) is 38.3 Å². The summed E-state index contributed by atoms with van der Waals surface area (Å²) in [4.78, 5) is 0. The fourth-order valence-corrected chi connectivity index (χ4v) is 1.62. The van der Waals surface area contributed by atoms with Crippen molar-refractivity contribution in [1.29, 1.82) is 0 Å². The van der Waals surface area contributed by atoms with Crippen LogP contribution in [0, 0.1) is 5.92 Å². The standard InChI is InChI=1S/C10H22N2O/c1-8(2)10(6-11,7-13-3)12-9-4-5-9/h8-9,12H,4-7,11H2,1-3H3. The molecule has 1 fully saturated rings. The van der Waals surface area contributed by atoms with Crippen molar-refractivity contribution in [2.24, 2.45) is 11.7 Å². The molecule has 3 N–H and O–H groups in total. The molecule has 1 atom stereocenters. The Morgan fingerprint density at radius 2 is 2.15 bits per heavy atom. The lowest BCUT2D eigenvalue weighted by molar-refractivity contribution is 0.0817. The first-order chi connectivity index (χ1) is 6.14. The smallest absolute Gasteiger partial charge is 0.0659 e. The van der Waals surface area contributed by atoms with Gasteiger partial charge >= 0.3 is 0 Å². The summed E-state index contributed by atoms with van der Waals surface area (Å²) in [5, 5.41) is 3.60. The van der Waals surface area contributed by atoms with Crippen LogP contribution in [0.4, 0.5) is 0 Å². The van der Waals surface area contributed by atoms with E-state index in [1.54, 1.807) is 7.11 Å². The first kappa shape index (κ1) is 11.0. The van der Waals surface area contributed by atoms with Gasteiger partial charge in [-0.2, -0.15) is 0 Å². The van der Waals surface area contributed by atoms with Crippen LogP contribution in [0.25, 0.3) is 0 Å². The fraction of sp³-hybridized carbons (Fsp3) is 1.00. The minimum atomic E-state index is -0.0179. The highest BCUT2D eigenvalue weighted by Crippen LogP contribution is 2.26. The Hall–Kier alpha value is -0.120. The normalized spacial score (nSPS) is 21.9. The average molecular weight is 186 g/mol. The maximum atomic E-state index is 5.83. The highest BCUT2D eigenvalue weighted by Gasteiger charge is 2.37. The molecular formula is C10H22N2O. The molecule has 0 aromatic carbocycles. The van der Waals surface area contributed by atoms with Crippen molar-refractivity contribution in [3.05, 3.63) is 0 Å². The van der Waals surface area contributed by atoms with Gasteiger partial charge < -0.3 is 15.8 Å². The molecule has 0 heterocycles. The van der Waals surface area contributed by atoms with Gasteiger partial charge in [-0.05, 0) is 18.8 Å². The van der Waals surface area contributed by atoms with Crippen LogP contribution < -0.4 is 11.1 Å². The summed E-state index contributed by atoms with van der Waals surface area (Å²) in [5.74, 6) is 0.512. The molecule has 0 aliphatic heterocycles. The van der Waals surface area contributed by atoms with Gasteiger partial charge in [0.1, 0.15) is 0 Å². The molecule has 0 amide bonds. The second-order valence-corrected chi connectivity index (χ2v) is 4.37. The molecule has 3 heteroatoms. The average Bonchev–Trinajstić information content (AvgIpc) is 2.87. The summed E-state index contributed by atoms with van der Waals surface area (Å²) in [6, 6.07) is 0.682. The summed E-state index contributed by atoms with van der Waals surface area (Å²) in [7, 11) is 1.74. The predicted molar refractivity (Wildman–Crippen MR) is 54.7 cm³/mol. The Labute approximate surface area is 81.0 Å². The van der Waals surface area contributed by atoms with Gasteiger partial charge in [0.2, 0.25) is 0 Å². The van der Waals surface area contributed by atoms with Crippen molar-refractivity contribution in [2.75, 3.05) is 20.3 Å². The number of methoxy groups -OCH3 is 1. The molecule has 0 aromatic rings.